The van der Waals surface area contributed by atoms with Crippen molar-refractivity contribution < 1.29 is 44.0 Å². The minimum atomic E-state index is -1.23. The molecule has 0 radical (unpaired) electrons. The van der Waals surface area contributed by atoms with Gasteiger partial charge < -0.3 is 24.8 Å². The van der Waals surface area contributed by atoms with Gasteiger partial charge >= 0.3 is 229 Å². The summed E-state index contributed by atoms with van der Waals surface area (Å²) in [5.74, 6) is 1.86. The molecule has 0 aromatic rings. The van der Waals surface area contributed by atoms with E-state index in [2.05, 4.69) is 61.4 Å². The fourth-order valence-corrected chi connectivity index (χ4v) is 33.3. The topological polar surface area (TPSA) is 0 Å². The second kappa shape index (κ2) is 12.3. The van der Waals surface area contributed by atoms with Crippen molar-refractivity contribution in [3.63, 3.8) is 0 Å². The molecule has 4 atom stereocenters. The van der Waals surface area contributed by atoms with E-state index in [1.165, 1.54) is 38.5 Å². The number of halogens is 2. The van der Waals surface area contributed by atoms with Gasteiger partial charge in [-0.3, -0.25) is 0 Å². The van der Waals surface area contributed by atoms with E-state index >= 15 is 0 Å². The summed E-state index contributed by atoms with van der Waals surface area (Å²) in [6, 6.07) is 10.2. The van der Waals surface area contributed by atoms with Crippen molar-refractivity contribution in [2.75, 3.05) is 0 Å². The van der Waals surface area contributed by atoms with Gasteiger partial charge in [0.2, 0.25) is 0 Å². The summed E-state index contributed by atoms with van der Waals surface area (Å²) in [5, 5.41) is 0. The summed E-state index contributed by atoms with van der Waals surface area (Å²) in [4.78, 5) is 0. The molecule has 2 heterocycles. The van der Waals surface area contributed by atoms with Crippen LogP contribution in [0, 0.1) is 11.8 Å². The Morgan fingerprint density at radius 2 is 1.16 bits per heavy atom. The molecule has 4 fully saturated rings. The van der Waals surface area contributed by atoms with E-state index < -0.39 is 16.1 Å². The van der Waals surface area contributed by atoms with Gasteiger partial charge in [0.1, 0.15) is 0 Å². The van der Waals surface area contributed by atoms with Crippen LogP contribution in [-0.4, -0.2) is 16.1 Å². The Morgan fingerprint density at radius 3 is 1.51 bits per heavy atom. The first-order valence-electron chi connectivity index (χ1n) is 15.7. The molecule has 2 saturated heterocycles. The number of allylic oxidation sites excluding steroid dienone is 8. The molecule has 37 heavy (non-hydrogen) atoms. The molecule has 204 valence electrons. The molecule has 6 aliphatic rings. The van der Waals surface area contributed by atoms with E-state index in [1.807, 2.05) is 0 Å². The third-order valence-electron chi connectivity index (χ3n) is 12.1. The number of hydrogen-bond donors (Lipinski definition) is 0. The Morgan fingerprint density at radius 1 is 0.730 bits per heavy atom. The second-order valence-electron chi connectivity index (χ2n) is 13.5. The average molecular weight is 610 g/mol. The van der Waals surface area contributed by atoms with Crippen LogP contribution in [0.4, 0.5) is 0 Å². The van der Waals surface area contributed by atoms with E-state index in [0.717, 1.165) is 18.5 Å². The van der Waals surface area contributed by atoms with E-state index in [1.54, 1.807) is 74.8 Å². The summed E-state index contributed by atoms with van der Waals surface area (Å²) in [6.07, 6.45) is 33.7. The molecule has 0 bridgehead atoms. The van der Waals surface area contributed by atoms with Gasteiger partial charge in [0.25, 0.3) is 0 Å². The van der Waals surface area contributed by atoms with Crippen LogP contribution < -0.4 is 24.8 Å². The Hall–Kier alpha value is 0.688. The molecule has 0 nitrogen and oxygen atoms in total. The average Bonchev–Trinajstić information content (AvgIpc) is 3.39. The summed E-state index contributed by atoms with van der Waals surface area (Å²) >= 11 is -0.0572. The monoisotopic (exact) mass is 608 g/mol. The maximum atomic E-state index is 2.75. The Labute approximate surface area is 251 Å². The zero-order valence-corrected chi connectivity index (χ0v) is 28.7. The number of hydrogen-bond acceptors (Lipinski definition) is 0. The van der Waals surface area contributed by atoms with Crippen molar-refractivity contribution in [2.45, 2.75) is 134 Å². The zero-order valence-electron chi connectivity index (χ0n) is 23.6. The van der Waals surface area contributed by atoms with Crippen LogP contribution in [0.2, 0.25) is 43.0 Å². The van der Waals surface area contributed by atoms with Gasteiger partial charge in [-0.25, -0.2) is 0 Å². The van der Waals surface area contributed by atoms with E-state index in [0.29, 0.717) is 0 Å². The summed E-state index contributed by atoms with van der Waals surface area (Å²) in [5.41, 5.74) is 4.16. The molecule has 5 heteroatoms. The van der Waals surface area contributed by atoms with Crippen molar-refractivity contribution in [2.24, 2.45) is 11.8 Å². The first-order valence-corrected chi connectivity index (χ1v) is 22.5. The predicted octanol–water partition coefficient (Wildman–Crippen LogP) is 4.37. The fourth-order valence-electron chi connectivity index (χ4n) is 10.0. The first-order chi connectivity index (χ1) is 17.1. The SMILES string of the molecule is CCCC[Si]1([C]2([Ti+2][C]3([Si]4(CCCC)CCC4)CCC4CC=CC=C43)CCC3CC=CC=C32)CCC1.[Cl-].[Cl-]. The van der Waals surface area contributed by atoms with Crippen LogP contribution in [0.1, 0.15) is 90.9 Å². The molecule has 0 N–H and O–H groups in total. The van der Waals surface area contributed by atoms with Gasteiger partial charge in [-0.05, 0) is 0 Å². The van der Waals surface area contributed by atoms with Crippen LogP contribution in [0.5, 0.6) is 0 Å². The van der Waals surface area contributed by atoms with Gasteiger partial charge in [0.15, 0.2) is 0 Å². The Bertz CT molecular complexity index is 857. The molecular weight excluding hydrogens is 559 g/mol. The van der Waals surface area contributed by atoms with E-state index in [4.69, 9.17) is 0 Å². The normalized spacial score (nSPS) is 35.9. The Kier molecular flexibility index (Phi) is 10.2. The van der Waals surface area contributed by atoms with E-state index in [9.17, 15) is 0 Å². The summed E-state index contributed by atoms with van der Waals surface area (Å²) in [7, 11) is -2.46. The Balaban J connectivity index is 0.00000160. The van der Waals surface area contributed by atoms with Gasteiger partial charge in [0, 0.05) is 0 Å². The quantitative estimate of drug-likeness (QED) is 0.323. The minimum Gasteiger partial charge on any atom is -1.00 e. The number of rotatable bonds is 10. The first kappa shape index (κ1) is 30.6. The third kappa shape index (κ3) is 4.72. The molecule has 6 rings (SSSR count). The summed E-state index contributed by atoms with van der Waals surface area (Å²) in [6.45, 7) is 4.93. The maximum absolute atomic E-state index is 2.75. The molecule has 0 aromatic carbocycles. The van der Waals surface area contributed by atoms with Gasteiger partial charge in [-0.1, -0.05) is 0 Å². The van der Waals surface area contributed by atoms with Crippen molar-refractivity contribution in [1.29, 1.82) is 0 Å². The maximum Gasteiger partial charge on any atom is -1.00 e. The van der Waals surface area contributed by atoms with Crippen molar-refractivity contribution in [1.82, 2.24) is 0 Å². The molecule has 0 spiro atoms. The van der Waals surface area contributed by atoms with Gasteiger partial charge in [0.05, 0.1) is 0 Å². The smallest absolute Gasteiger partial charge is 1.00 e. The number of unbranched alkanes of at least 4 members (excludes halogenated alkanes) is 2. The fraction of sp³-hybridized carbons (Fsp3) is 0.750. The summed E-state index contributed by atoms with van der Waals surface area (Å²) < 4.78 is 1.54. The minimum absolute atomic E-state index is 0. The molecule has 0 amide bonds. The van der Waals surface area contributed by atoms with Gasteiger partial charge in [-0.15, -0.1) is 0 Å². The van der Waals surface area contributed by atoms with Crippen molar-refractivity contribution >= 4 is 16.1 Å². The van der Waals surface area contributed by atoms with Crippen LogP contribution in [0.3, 0.4) is 0 Å². The third-order valence-corrected chi connectivity index (χ3v) is 33.7. The molecule has 0 aromatic heterocycles. The van der Waals surface area contributed by atoms with Crippen LogP contribution in [0.15, 0.2) is 47.6 Å². The standard InChI is InChI=1S/2C16H25Si.2ClH.Ti/c2*1-2-3-11-17(12-6-13-17)16-10-9-14-7-4-5-8-15(14)16;;;/h2*4-5,8,14H,2-3,6-7,9-13H2,1H3;2*1H;/q;;;;+2/p-2. The second-order valence-corrected chi connectivity index (χ2v) is 27.9. The van der Waals surface area contributed by atoms with Crippen LogP contribution in [-0.2, 0) is 19.2 Å². The zero-order chi connectivity index (χ0) is 24.0. The number of fused-ring (bicyclic) bond motifs is 2. The predicted molar refractivity (Wildman–Crippen MR) is 154 cm³/mol. The molecule has 4 aliphatic carbocycles. The molecular formula is C32H50Cl2Si2Ti. The molecule has 4 unspecified atom stereocenters. The van der Waals surface area contributed by atoms with Crippen molar-refractivity contribution in [3.05, 3.63) is 47.6 Å². The van der Waals surface area contributed by atoms with Crippen molar-refractivity contribution in [3.8, 4) is 0 Å². The van der Waals surface area contributed by atoms with E-state index in [-0.39, 0.29) is 44.0 Å². The largest absolute Gasteiger partial charge is 1.00 e. The molecule has 2 saturated carbocycles. The van der Waals surface area contributed by atoms with Gasteiger partial charge in [-0.2, -0.15) is 0 Å². The molecule has 2 aliphatic heterocycles. The van der Waals surface area contributed by atoms with Crippen LogP contribution >= 0.6 is 0 Å². The van der Waals surface area contributed by atoms with Crippen LogP contribution in [0.25, 0.3) is 0 Å².